The van der Waals surface area contributed by atoms with Gasteiger partial charge in [0.2, 0.25) is 0 Å². The molecule has 0 aliphatic heterocycles. The van der Waals surface area contributed by atoms with Crippen molar-refractivity contribution in [1.29, 1.82) is 0 Å². The summed E-state index contributed by atoms with van der Waals surface area (Å²) in [4.78, 5) is 14.4. The summed E-state index contributed by atoms with van der Waals surface area (Å²) < 4.78 is 0. The van der Waals surface area contributed by atoms with Crippen LogP contribution in [0.1, 0.15) is 5.56 Å². The summed E-state index contributed by atoms with van der Waals surface area (Å²) in [6, 6.07) is 10.0. The Morgan fingerprint density at radius 3 is 2.81 bits per heavy atom. The van der Waals surface area contributed by atoms with Gasteiger partial charge in [0, 0.05) is 11.6 Å². The van der Waals surface area contributed by atoms with Crippen LogP contribution in [0, 0.1) is 0 Å². The second-order valence-electron chi connectivity index (χ2n) is 3.34. The van der Waals surface area contributed by atoms with Crippen LogP contribution in [-0.2, 0) is 4.79 Å². The number of rotatable bonds is 3. The number of benzene rings is 1. The van der Waals surface area contributed by atoms with Crippen LogP contribution in [0.2, 0.25) is 0 Å². The van der Waals surface area contributed by atoms with Crippen molar-refractivity contribution in [3.8, 4) is 0 Å². The molecule has 0 atom stereocenters. The van der Waals surface area contributed by atoms with Crippen molar-refractivity contribution in [2.75, 3.05) is 0 Å². The fourth-order valence-electron chi connectivity index (χ4n) is 1.46. The molecule has 1 aromatic heterocycles. The van der Waals surface area contributed by atoms with Gasteiger partial charge in [-0.3, -0.25) is 9.78 Å². The van der Waals surface area contributed by atoms with E-state index in [2.05, 4.69) is 11.1 Å². The molecule has 1 aromatic carbocycles. The van der Waals surface area contributed by atoms with Gasteiger partial charge in [0.1, 0.15) is 6.29 Å². The molecule has 0 amide bonds. The maximum absolute atomic E-state index is 10.1. The number of carbonyl (C=O) groups excluding carboxylic acids is 1. The van der Waals surface area contributed by atoms with Gasteiger partial charge in [-0.25, -0.2) is 0 Å². The first-order valence-electron chi connectivity index (χ1n) is 5.03. The molecule has 1 heterocycles. The molecule has 0 fully saturated rings. The van der Waals surface area contributed by atoms with E-state index < -0.39 is 0 Å². The van der Waals surface area contributed by atoms with Gasteiger partial charge < -0.3 is 0 Å². The number of nitrogens with zero attached hydrogens (tertiary/aromatic N) is 1. The van der Waals surface area contributed by atoms with E-state index in [9.17, 15) is 4.79 Å². The summed E-state index contributed by atoms with van der Waals surface area (Å²) >= 11 is 0. The topological polar surface area (TPSA) is 30.0 Å². The van der Waals surface area contributed by atoms with E-state index in [1.165, 1.54) is 6.08 Å². The van der Waals surface area contributed by atoms with Crippen LogP contribution in [0.15, 0.2) is 54.8 Å². The van der Waals surface area contributed by atoms with Crippen LogP contribution in [0.25, 0.3) is 17.0 Å². The van der Waals surface area contributed by atoms with Gasteiger partial charge in [-0.1, -0.05) is 36.4 Å². The van der Waals surface area contributed by atoms with E-state index in [4.69, 9.17) is 0 Å². The summed E-state index contributed by atoms with van der Waals surface area (Å²) in [5, 5.41) is 1.11. The first-order valence-corrected chi connectivity index (χ1v) is 5.03. The van der Waals surface area contributed by atoms with Crippen molar-refractivity contribution in [3.05, 3.63) is 60.3 Å². The molecule has 0 radical (unpaired) electrons. The van der Waals surface area contributed by atoms with Crippen molar-refractivity contribution in [2.45, 2.75) is 0 Å². The number of para-hydroxylation sites is 1. The highest BCUT2D eigenvalue weighted by Gasteiger charge is 1.93. The van der Waals surface area contributed by atoms with Crippen LogP contribution in [0.5, 0.6) is 0 Å². The minimum atomic E-state index is 0.753. The predicted octanol–water partition coefficient (Wildman–Crippen LogP) is 3.00. The molecule has 0 bridgehead atoms. The lowest BCUT2D eigenvalue weighted by Crippen LogP contribution is -1.79. The standard InChI is InChI=1S/C14H11NO/c16-9-5-1-2-6-12-10-13-7-3-4-8-14(13)15-11-12/h1-11H/b5-1+,6-2?. The zero-order chi connectivity index (χ0) is 11.2. The lowest BCUT2D eigenvalue weighted by Gasteiger charge is -1.97. The minimum Gasteiger partial charge on any atom is -0.299 e. The molecule has 0 aliphatic rings. The summed E-state index contributed by atoms with van der Waals surface area (Å²) in [6.45, 7) is 0. The maximum atomic E-state index is 10.1. The second kappa shape index (κ2) is 5.03. The fraction of sp³-hybridized carbons (Fsp3) is 0. The zero-order valence-corrected chi connectivity index (χ0v) is 8.71. The van der Waals surface area contributed by atoms with Gasteiger partial charge in [-0.05, 0) is 23.8 Å². The van der Waals surface area contributed by atoms with E-state index in [-0.39, 0.29) is 0 Å². The number of pyridine rings is 1. The molecule has 78 valence electrons. The molecule has 0 saturated carbocycles. The van der Waals surface area contributed by atoms with Crippen molar-refractivity contribution in [1.82, 2.24) is 4.98 Å². The van der Waals surface area contributed by atoms with Gasteiger partial charge in [0.05, 0.1) is 5.52 Å². The number of aromatic nitrogens is 1. The minimum absolute atomic E-state index is 0.753. The average molecular weight is 209 g/mol. The van der Waals surface area contributed by atoms with Gasteiger partial charge in [-0.2, -0.15) is 0 Å². The van der Waals surface area contributed by atoms with Gasteiger partial charge in [0.15, 0.2) is 0 Å². The quantitative estimate of drug-likeness (QED) is 0.442. The van der Waals surface area contributed by atoms with E-state index in [1.807, 2.05) is 42.6 Å². The molecule has 0 aliphatic carbocycles. The third-order valence-corrected chi connectivity index (χ3v) is 2.20. The molecular formula is C14H11NO. The third kappa shape index (κ3) is 2.42. The molecule has 0 saturated heterocycles. The largest absolute Gasteiger partial charge is 0.299 e. The Morgan fingerprint density at radius 2 is 1.94 bits per heavy atom. The molecular weight excluding hydrogens is 198 g/mol. The summed E-state index contributed by atoms with van der Waals surface area (Å²) in [7, 11) is 0. The van der Waals surface area contributed by atoms with E-state index in [0.29, 0.717) is 0 Å². The SMILES string of the molecule is O=C/C=C/C=Cc1cnc2ccccc2c1. The second-order valence-corrected chi connectivity index (χ2v) is 3.34. The monoisotopic (exact) mass is 209 g/mol. The third-order valence-electron chi connectivity index (χ3n) is 2.20. The van der Waals surface area contributed by atoms with Crippen LogP contribution in [0.4, 0.5) is 0 Å². The number of allylic oxidation sites excluding steroid dienone is 3. The first kappa shape index (κ1) is 10.3. The Hall–Kier alpha value is -2.22. The zero-order valence-electron chi connectivity index (χ0n) is 8.71. The highest BCUT2D eigenvalue weighted by molar-refractivity contribution is 5.80. The first-order chi connectivity index (χ1) is 7.90. The van der Waals surface area contributed by atoms with Crippen LogP contribution in [-0.4, -0.2) is 11.3 Å². The number of fused-ring (bicyclic) bond motifs is 1. The molecule has 2 nitrogen and oxygen atoms in total. The van der Waals surface area contributed by atoms with E-state index in [0.717, 1.165) is 22.8 Å². The smallest absolute Gasteiger partial charge is 0.142 e. The van der Waals surface area contributed by atoms with Gasteiger partial charge in [-0.15, -0.1) is 0 Å². The van der Waals surface area contributed by atoms with Crippen molar-refractivity contribution in [3.63, 3.8) is 0 Å². The lowest BCUT2D eigenvalue weighted by atomic mass is 10.1. The van der Waals surface area contributed by atoms with Crippen LogP contribution >= 0.6 is 0 Å². The number of aldehydes is 1. The van der Waals surface area contributed by atoms with Crippen molar-refractivity contribution >= 4 is 23.3 Å². The Bertz CT molecular complexity index is 555. The van der Waals surface area contributed by atoms with Gasteiger partial charge in [0.25, 0.3) is 0 Å². The Balaban J connectivity index is 2.29. The Kier molecular flexibility index (Phi) is 3.24. The molecule has 0 spiro atoms. The number of hydrogen-bond acceptors (Lipinski definition) is 2. The molecule has 2 aromatic rings. The predicted molar refractivity (Wildman–Crippen MR) is 66.0 cm³/mol. The molecule has 0 N–H and O–H groups in total. The molecule has 0 unspecified atom stereocenters. The summed E-state index contributed by atoms with van der Waals surface area (Å²) in [5.41, 5.74) is 2.01. The maximum Gasteiger partial charge on any atom is 0.142 e. The lowest BCUT2D eigenvalue weighted by molar-refractivity contribution is -0.104. The van der Waals surface area contributed by atoms with Gasteiger partial charge >= 0.3 is 0 Å². The molecule has 2 heteroatoms. The van der Waals surface area contributed by atoms with Crippen molar-refractivity contribution in [2.24, 2.45) is 0 Å². The van der Waals surface area contributed by atoms with Crippen LogP contribution in [0.3, 0.4) is 0 Å². The van der Waals surface area contributed by atoms with E-state index in [1.54, 1.807) is 6.08 Å². The normalized spacial score (nSPS) is 11.5. The van der Waals surface area contributed by atoms with Crippen LogP contribution < -0.4 is 0 Å². The fourth-order valence-corrected chi connectivity index (χ4v) is 1.46. The number of carbonyl (C=O) groups is 1. The summed E-state index contributed by atoms with van der Waals surface area (Å²) in [6.07, 6.45) is 9.45. The summed E-state index contributed by atoms with van der Waals surface area (Å²) in [5.74, 6) is 0. The highest BCUT2D eigenvalue weighted by Crippen LogP contribution is 2.13. The molecule has 2 rings (SSSR count). The average Bonchev–Trinajstić information content (AvgIpc) is 2.34. The Morgan fingerprint density at radius 1 is 1.06 bits per heavy atom. The highest BCUT2D eigenvalue weighted by atomic mass is 16.1. The van der Waals surface area contributed by atoms with Crippen molar-refractivity contribution < 1.29 is 4.79 Å². The molecule has 16 heavy (non-hydrogen) atoms. The van der Waals surface area contributed by atoms with E-state index >= 15 is 0 Å². The number of hydrogen-bond donors (Lipinski definition) is 0. The Labute approximate surface area is 93.9 Å².